The predicted octanol–water partition coefficient (Wildman–Crippen LogP) is 0.566. The highest BCUT2D eigenvalue weighted by molar-refractivity contribution is 5.99. The molecule has 42 heavy (non-hydrogen) atoms. The molecular formula is C31H37NO10. The molecule has 0 bridgehead atoms. The van der Waals surface area contributed by atoms with Gasteiger partial charge in [-0.15, -0.1) is 5.06 Å². The van der Waals surface area contributed by atoms with Gasteiger partial charge in [-0.25, -0.2) is 4.79 Å². The quantitative estimate of drug-likeness (QED) is 0.138. The number of cyclic esters (lactones) is 1. The third kappa shape index (κ3) is 6.34. The molecule has 0 aliphatic carbocycles. The number of aliphatic hydroxyl groups is 3. The minimum Gasteiger partial charge on any atom is -0.871 e. The zero-order valence-corrected chi connectivity index (χ0v) is 23.8. The maximum absolute atomic E-state index is 14.0. The SMILES string of the molecule is CC[C@@H](/C=C(C)/C=C/C(O)=C1C(=O)[NH+]2O[C@H]3[C@H](C(=O)CC[C@@H](C)OC(=O)C[C@@H]3O)C2C(c2ccc(O)cc2)=C1[O-])CO. The number of allylic oxidation sites excluding steroid dienone is 3. The highest BCUT2D eigenvalue weighted by Gasteiger charge is 2.60. The number of phenolic OH excluding ortho intramolecular Hbond substituents is 1. The molecule has 11 heteroatoms. The van der Waals surface area contributed by atoms with E-state index in [-0.39, 0.29) is 47.5 Å². The fraction of sp³-hybridized carbons (Fsp3) is 0.452. The van der Waals surface area contributed by atoms with E-state index >= 15 is 0 Å². The molecule has 3 aliphatic heterocycles. The van der Waals surface area contributed by atoms with Crippen LogP contribution in [0.1, 0.15) is 52.0 Å². The smallest absolute Gasteiger partial charge is 0.380 e. The van der Waals surface area contributed by atoms with Crippen molar-refractivity contribution in [2.45, 2.75) is 70.8 Å². The maximum Gasteiger partial charge on any atom is 0.380 e. The van der Waals surface area contributed by atoms with Crippen molar-refractivity contribution in [3.8, 4) is 5.75 Å². The van der Waals surface area contributed by atoms with Gasteiger partial charge in [-0.3, -0.25) is 9.59 Å². The van der Waals surface area contributed by atoms with E-state index in [1.165, 1.54) is 36.4 Å². The largest absolute Gasteiger partial charge is 0.871 e. The molecular weight excluding hydrogens is 546 g/mol. The molecule has 3 heterocycles. The van der Waals surface area contributed by atoms with Crippen molar-refractivity contribution in [2.75, 3.05) is 6.61 Å². The van der Waals surface area contributed by atoms with Crippen LogP contribution in [0.4, 0.5) is 0 Å². The number of hydrogen-bond donors (Lipinski definition) is 5. The van der Waals surface area contributed by atoms with Crippen molar-refractivity contribution in [2.24, 2.45) is 11.8 Å². The molecule has 3 aliphatic rings. The lowest BCUT2D eigenvalue weighted by Crippen LogP contribution is -3.17. The summed E-state index contributed by atoms with van der Waals surface area (Å²) in [6, 6.07) is 4.44. The summed E-state index contributed by atoms with van der Waals surface area (Å²) in [5, 5.41) is 55.1. The number of hydrogen-bond acceptors (Lipinski definition) is 10. The highest BCUT2D eigenvalue weighted by atomic mass is 16.7. The normalized spacial score (nSPS) is 31.1. The molecule has 2 saturated heterocycles. The number of rotatable bonds is 6. The number of hydroxylamine groups is 2. The lowest BCUT2D eigenvalue weighted by atomic mass is 9.77. The van der Waals surface area contributed by atoms with Crippen molar-refractivity contribution >= 4 is 23.2 Å². The van der Waals surface area contributed by atoms with Gasteiger partial charge in [0.05, 0.1) is 18.6 Å². The van der Waals surface area contributed by atoms with Crippen molar-refractivity contribution in [1.82, 2.24) is 0 Å². The molecule has 1 aromatic rings. The Morgan fingerprint density at radius 3 is 2.52 bits per heavy atom. The number of ether oxygens (including phenoxy) is 1. The van der Waals surface area contributed by atoms with E-state index in [0.717, 1.165) is 0 Å². The van der Waals surface area contributed by atoms with Gasteiger partial charge in [-0.2, -0.15) is 4.84 Å². The summed E-state index contributed by atoms with van der Waals surface area (Å²) in [7, 11) is 0. The first-order valence-corrected chi connectivity index (χ1v) is 14.1. The molecule has 4 rings (SSSR count). The Hall–Kier alpha value is -3.77. The third-order valence-electron chi connectivity index (χ3n) is 7.94. The Bertz CT molecular complexity index is 1340. The predicted molar refractivity (Wildman–Crippen MR) is 147 cm³/mol. The summed E-state index contributed by atoms with van der Waals surface area (Å²) in [6.45, 7) is 5.24. The molecule has 0 aromatic heterocycles. The number of benzene rings is 1. The molecule has 0 spiro atoms. The van der Waals surface area contributed by atoms with Crippen molar-refractivity contribution < 1.29 is 54.6 Å². The van der Waals surface area contributed by atoms with Crippen LogP contribution < -0.4 is 10.2 Å². The molecule has 1 aromatic carbocycles. The Kier molecular flexibility index (Phi) is 9.67. The standard InChI is InChI=1S/C31H37NO10/c1-4-18(15-33)13-16(2)5-11-22(36)27-29(39)25(19-7-9-20(34)10-8-19)28-26-21(35)12-6-17(3)41-24(38)14-23(37)30(26)42-32(28)31(27)40/h5,7-11,13,17-18,23,26,28,30,33-34,36-37,39H,4,6,12,14-15H2,1-3H3/b11-5+,16-13+,27-22?/t17-,18+,23+,26-,28?,30-/m1/s1. The minimum atomic E-state index is -1.51. The van der Waals surface area contributed by atoms with E-state index in [4.69, 9.17) is 9.57 Å². The molecule has 11 nitrogen and oxygen atoms in total. The fourth-order valence-electron chi connectivity index (χ4n) is 5.68. The Labute approximate surface area is 243 Å². The molecule has 1 amide bonds. The van der Waals surface area contributed by atoms with Crippen LogP contribution in [0.5, 0.6) is 5.75 Å². The van der Waals surface area contributed by atoms with Crippen LogP contribution in [0.15, 0.2) is 65.2 Å². The summed E-state index contributed by atoms with van der Waals surface area (Å²) in [4.78, 5) is 45.7. The van der Waals surface area contributed by atoms with Gasteiger partial charge in [-0.05, 0) is 50.5 Å². The summed E-state index contributed by atoms with van der Waals surface area (Å²) in [6.07, 6.45) is 1.50. The van der Waals surface area contributed by atoms with E-state index in [1.54, 1.807) is 19.9 Å². The average molecular weight is 584 g/mol. The number of aromatic hydroxyl groups is 1. The maximum atomic E-state index is 14.0. The van der Waals surface area contributed by atoms with E-state index in [0.29, 0.717) is 17.6 Å². The van der Waals surface area contributed by atoms with Gasteiger partial charge in [0.2, 0.25) is 0 Å². The number of fused-ring (bicyclic) bond motifs is 3. The second-order valence-corrected chi connectivity index (χ2v) is 11.0. The monoisotopic (exact) mass is 583 g/mol. The van der Waals surface area contributed by atoms with Crippen LogP contribution in [-0.4, -0.2) is 69.0 Å². The van der Waals surface area contributed by atoms with Gasteiger partial charge < -0.3 is 30.3 Å². The second-order valence-electron chi connectivity index (χ2n) is 11.0. The van der Waals surface area contributed by atoms with Crippen LogP contribution >= 0.6 is 0 Å². The second kappa shape index (κ2) is 13.0. The van der Waals surface area contributed by atoms with Crippen molar-refractivity contribution in [1.29, 1.82) is 0 Å². The van der Waals surface area contributed by atoms with Gasteiger partial charge in [-0.1, -0.05) is 42.5 Å². The van der Waals surface area contributed by atoms with Crippen LogP contribution in [0.3, 0.4) is 0 Å². The van der Waals surface area contributed by atoms with Crippen LogP contribution in [0.25, 0.3) is 5.57 Å². The number of amides is 1. The highest BCUT2D eigenvalue weighted by Crippen LogP contribution is 2.38. The van der Waals surface area contributed by atoms with E-state index in [1.807, 2.05) is 6.92 Å². The summed E-state index contributed by atoms with van der Waals surface area (Å²) in [5.41, 5.74) is 0.410. The fourth-order valence-corrected chi connectivity index (χ4v) is 5.68. The minimum absolute atomic E-state index is 0.00104. The molecule has 7 atom stereocenters. The van der Waals surface area contributed by atoms with Gasteiger partial charge in [0.25, 0.3) is 0 Å². The number of ketones is 1. The van der Waals surface area contributed by atoms with Crippen LogP contribution in [0.2, 0.25) is 0 Å². The first-order valence-electron chi connectivity index (χ1n) is 14.1. The lowest BCUT2D eigenvalue weighted by molar-refractivity contribution is -1.03. The van der Waals surface area contributed by atoms with Crippen LogP contribution in [0, 0.1) is 11.8 Å². The van der Waals surface area contributed by atoms with Gasteiger partial charge >= 0.3 is 11.9 Å². The molecule has 5 N–H and O–H groups in total. The number of carbonyl (C=O) groups excluding carboxylic acids is 3. The van der Waals surface area contributed by atoms with E-state index in [9.17, 15) is 39.9 Å². The zero-order chi connectivity index (χ0) is 30.7. The molecule has 2 unspecified atom stereocenters. The Morgan fingerprint density at radius 1 is 1.19 bits per heavy atom. The van der Waals surface area contributed by atoms with Gasteiger partial charge in [0, 0.05) is 24.5 Å². The average Bonchev–Trinajstić information content (AvgIpc) is 3.35. The van der Waals surface area contributed by atoms with Crippen LogP contribution in [-0.2, 0) is 24.0 Å². The summed E-state index contributed by atoms with van der Waals surface area (Å²) >= 11 is 0. The number of carbonyl (C=O) groups is 3. The molecule has 226 valence electrons. The number of Topliss-reactive ketones (excluding diaryl/α,β-unsaturated/α-hetero) is 1. The van der Waals surface area contributed by atoms with Crippen molar-refractivity contribution in [3.05, 3.63) is 70.7 Å². The van der Waals surface area contributed by atoms with Gasteiger partial charge in [0.15, 0.2) is 12.1 Å². The van der Waals surface area contributed by atoms with E-state index in [2.05, 4.69) is 0 Å². The summed E-state index contributed by atoms with van der Waals surface area (Å²) in [5.74, 6) is -4.74. The number of esters is 1. The van der Waals surface area contributed by atoms with Gasteiger partial charge in [0.1, 0.15) is 28.8 Å². The first kappa shape index (κ1) is 31.2. The molecule has 0 radical (unpaired) electrons. The Balaban J connectivity index is 1.86. The third-order valence-corrected chi connectivity index (χ3v) is 7.94. The summed E-state index contributed by atoms with van der Waals surface area (Å²) < 4.78 is 5.26. The molecule has 2 fully saturated rings. The Morgan fingerprint density at radius 2 is 1.88 bits per heavy atom. The van der Waals surface area contributed by atoms with E-state index < -0.39 is 65.7 Å². The van der Waals surface area contributed by atoms with Crippen molar-refractivity contribution in [3.63, 3.8) is 0 Å². The lowest BCUT2D eigenvalue weighted by Gasteiger charge is -2.33. The zero-order valence-electron chi connectivity index (χ0n) is 23.8. The molecule has 0 saturated carbocycles. The number of phenols is 1. The number of quaternary nitrogens is 1. The number of aliphatic hydroxyl groups excluding tert-OH is 3. The first-order chi connectivity index (χ1) is 20.0. The topological polar surface area (TPSA) is 178 Å². The number of nitrogens with one attached hydrogen (secondary N) is 1.